The number of ether oxygens (including phenoxy) is 1. The lowest BCUT2D eigenvalue weighted by atomic mass is 9.92. The molecule has 0 radical (unpaired) electrons. The molecule has 2 amide bonds. The average Bonchev–Trinajstić information content (AvgIpc) is 3.23. The molecule has 1 aromatic heterocycles. The molecule has 7 heteroatoms. The summed E-state index contributed by atoms with van der Waals surface area (Å²) in [6, 6.07) is 9.95. The number of aromatic nitrogens is 2. The maximum atomic E-state index is 13.1. The molecule has 1 heterocycles. The Balaban J connectivity index is 2.14. The molecule has 0 fully saturated rings. The lowest BCUT2D eigenvalue weighted by Crippen LogP contribution is -2.39. The average molecular weight is 485 g/mol. The van der Waals surface area contributed by atoms with Crippen molar-refractivity contribution in [1.82, 2.24) is 14.7 Å². The first-order chi connectivity index (χ1) is 16.7. The summed E-state index contributed by atoms with van der Waals surface area (Å²) in [6.45, 7) is 11.6. The summed E-state index contributed by atoms with van der Waals surface area (Å²) in [6.07, 6.45) is 6.58. The predicted molar refractivity (Wildman–Crippen MR) is 142 cm³/mol. The van der Waals surface area contributed by atoms with E-state index in [1.165, 1.54) is 12.8 Å². The topological polar surface area (TPSA) is 76.5 Å². The van der Waals surface area contributed by atoms with Crippen LogP contribution in [0.5, 0.6) is 0 Å². The lowest BCUT2D eigenvalue weighted by Gasteiger charge is -2.22. The number of nitrogens with one attached hydrogen (secondary N) is 1. The number of aryl methyl sites for hydroxylation is 1. The number of nitrogens with zero attached hydrogens (tertiary/aromatic N) is 3. The Bertz CT molecular complexity index is 929. The van der Waals surface area contributed by atoms with Gasteiger partial charge >= 0.3 is 0 Å². The number of carbonyl (C=O) groups is 2. The zero-order chi connectivity index (χ0) is 25.8. The van der Waals surface area contributed by atoms with Crippen molar-refractivity contribution in [2.24, 2.45) is 0 Å². The fourth-order valence-electron chi connectivity index (χ4n) is 3.80. The molecular weight excluding hydrogens is 440 g/mol. The molecule has 0 spiro atoms. The summed E-state index contributed by atoms with van der Waals surface area (Å²) < 4.78 is 6.92. The highest BCUT2D eigenvalue weighted by Crippen LogP contribution is 2.26. The molecule has 2 rings (SSSR count). The van der Waals surface area contributed by atoms with Gasteiger partial charge in [0.15, 0.2) is 0 Å². The van der Waals surface area contributed by atoms with Gasteiger partial charge in [0.1, 0.15) is 5.82 Å². The van der Waals surface area contributed by atoms with Crippen LogP contribution >= 0.6 is 0 Å². The van der Waals surface area contributed by atoms with E-state index in [2.05, 4.69) is 33.0 Å². The third-order valence-corrected chi connectivity index (χ3v) is 5.98. The van der Waals surface area contributed by atoms with Crippen molar-refractivity contribution in [3.05, 3.63) is 41.6 Å². The normalized spacial score (nSPS) is 11.5. The number of unbranched alkanes of at least 4 members (excludes halogenated alkanes) is 4. The Labute approximate surface area is 211 Å². The highest BCUT2D eigenvalue weighted by Gasteiger charge is 2.23. The van der Waals surface area contributed by atoms with Crippen molar-refractivity contribution in [1.29, 1.82) is 0 Å². The van der Waals surface area contributed by atoms with Crippen LogP contribution in [0.3, 0.4) is 0 Å². The van der Waals surface area contributed by atoms with E-state index >= 15 is 0 Å². The molecule has 0 aliphatic heterocycles. The molecule has 35 heavy (non-hydrogen) atoms. The molecule has 0 aliphatic rings. The van der Waals surface area contributed by atoms with Crippen LogP contribution in [0.25, 0.3) is 5.69 Å². The summed E-state index contributed by atoms with van der Waals surface area (Å²) in [7, 11) is 1.64. The number of hydrogen-bond donors (Lipinski definition) is 1. The van der Waals surface area contributed by atoms with Gasteiger partial charge in [0.25, 0.3) is 0 Å². The van der Waals surface area contributed by atoms with Crippen LogP contribution in [0.1, 0.15) is 83.9 Å². The van der Waals surface area contributed by atoms with Gasteiger partial charge in [0.05, 0.1) is 17.9 Å². The quantitative estimate of drug-likeness (QED) is 0.352. The van der Waals surface area contributed by atoms with Crippen molar-refractivity contribution < 1.29 is 14.3 Å². The fraction of sp³-hybridized carbons (Fsp3) is 0.607. The number of rotatable bonds is 14. The number of amides is 2. The second-order valence-corrected chi connectivity index (χ2v) is 10.3. The summed E-state index contributed by atoms with van der Waals surface area (Å²) in [5.74, 6) is 0.401. The van der Waals surface area contributed by atoms with Gasteiger partial charge < -0.3 is 15.0 Å². The Morgan fingerprint density at radius 2 is 1.74 bits per heavy atom. The summed E-state index contributed by atoms with van der Waals surface area (Å²) in [4.78, 5) is 27.7. The van der Waals surface area contributed by atoms with E-state index in [1.54, 1.807) is 16.7 Å². The van der Waals surface area contributed by atoms with Gasteiger partial charge in [0.2, 0.25) is 11.8 Å². The number of methoxy groups -OCH3 is 1. The third-order valence-electron chi connectivity index (χ3n) is 5.98. The monoisotopic (exact) mass is 484 g/mol. The first-order valence-corrected chi connectivity index (χ1v) is 12.9. The van der Waals surface area contributed by atoms with E-state index in [9.17, 15) is 9.59 Å². The SMILES string of the molecule is CCCCCCCC(=O)N(CCCOC)CC(=O)Nc1cc(C(C)(C)C)nn1-c1ccc(C)cc1. The summed E-state index contributed by atoms with van der Waals surface area (Å²) in [5.41, 5.74) is 2.74. The van der Waals surface area contributed by atoms with Gasteiger partial charge in [-0.3, -0.25) is 9.59 Å². The maximum absolute atomic E-state index is 13.1. The molecule has 0 saturated heterocycles. The van der Waals surface area contributed by atoms with Gasteiger partial charge in [-0.15, -0.1) is 0 Å². The Hall–Kier alpha value is -2.67. The van der Waals surface area contributed by atoms with E-state index in [0.29, 0.717) is 31.8 Å². The van der Waals surface area contributed by atoms with Crippen molar-refractivity contribution in [2.75, 3.05) is 32.1 Å². The van der Waals surface area contributed by atoms with E-state index in [0.717, 1.165) is 36.2 Å². The molecule has 1 N–H and O–H groups in total. The van der Waals surface area contributed by atoms with Gasteiger partial charge in [-0.25, -0.2) is 4.68 Å². The number of hydrogen-bond acceptors (Lipinski definition) is 4. The van der Waals surface area contributed by atoms with Gasteiger partial charge in [-0.05, 0) is 31.9 Å². The minimum Gasteiger partial charge on any atom is -0.385 e. The van der Waals surface area contributed by atoms with Crippen LogP contribution in [-0.2, 0) is 19.7 Å². The Morgan fingerprint density at radius 1 is 1.06 bits per heavy atom. The van der Waals surface area contributed by atoms with Crippen LogP contribution in [-0.4, -0.2) is 53.3 Å². The fourth-order valence-corrected chi connectivity index (χ4v) is 3.80. The molecule has 0 bridgehead atoms. The second-order valence-electron chi connectivity index (χ2n) is 10.3. The Kier molecular flexibility index (Phi) is 11.4. The lowest BCUT2D eigenvalue weighted by molar-refractivity contribution is -0.135. The first-order valence-electron chi connectivity index (χ1n) is 12.9. The molecule has 0 atom stereocenters. The van der Waals surface area contributed by atoms with Gasteiger partial charge in [0, 0.05) is 38.2 Å². The minimum absolute atomic E-state index is 0.0153. The standard InChI is InChI=1S/C28H44N4O3/c1-7-8-9-10-11-13-27(34)31(18-12-19-35-6)21-26(33)29-25-20-24(28(3,4)5)30-32(25)23-16-14-22(2)15-17-23/h14-17,20H,7-13,18-19,21H2,1-6H3,(H,29,33). The highest BCUT2D eigenvalue weighted by atomic mass is 16.5. The second kappa shape index (κ2) is 14.0. The molecule has 7 nitrogen and oxygen atoms in total. The zero-order valence-electron chi connectivity index (χ0n) is 22.5. The number of benzene rings is 1. The van der Waals surface area contributed by atoms with E-state index < -0.39 is 0 Å². The zero-order valence-corrected chi connectivity index (χ0v) is 22.5. The number of anilines is 1. The molecule has 194 valence electrons. The molecule has 1 aromatic carbocycles. The first kappa shape index (κ1) is 28.6. The third kappa shape index (κ3) is 9.48. The molecule has 0 unspecified atom stereocenters. The van der Waals surface area contributed by atoms with E-state index in [4.69, 9.17) is 9.84 Å². The summed E-state index contributed by atoms with van der Waals surface area (Å²) in [5, 5.41) is 7.79. The Morgan fingerprint density at radius 3 is 2.37 bits per heavy atom. The number of carbonyl (C=O) groups excluding carboxylic acids is 2. The summed E-state index contributed by atoms with van der Waals surface area (Å²) >= 11 is 0. The largest absolute Gasteiger partial charge is 0.385 e. The minimum atomic E-state index is -0.226. The van der Waals surface area contributed by atoms with Crippen LogP contribution in [0, 0.1) is 6.92 Å². The molecule has 0 aliphatic carbocycles. The van der Waals surface area contributed by atoms with Crippen LogP contribution in [0.2, 0.25) is 0 Å². The van der Waals surface area contributed by atoms with Crippen LogP contribution < -0.4 is 5.32 Å². The van der Waals surface area contributed by atoms with Crippen molar-refractivity contribution in [3.63, 3.8) is 0 Å². The molecule has 2 aromatic rings. The van der Waals surface area contributed by atoms with Crippen molar-refractivity contribution in [2.45, 2.75) is 85.0 Å². The smallest absolute Gasteiger partial charge is 0.245 e. The van der Waals surface area contributed by atoms with Crippen LogP contribution in [0.4, 0.5) is 5.82 Å². The highest BCUT2D eigenvalue weighted by molar-refractivity contribution is 5.94. The van der Waals surface area contributed by atoms with Crippen LogP contribution in [0.15, 0.2) is 30.3 Å². The van der Waals surface area contributed by atoms with Crippen molar-refractivity contribution >= 4 is 17.6 Å². The van der Waals surface area contributed by atoms with Crippen molar-refractivity contribution in [3.8, 4) is 5.69 Å². The van der Waals surface area contributed by atoms with E-state index in [-0.39, 0.29) is 23.8 Å². The molecular formula is C28H44N4O3. The maximum Gasteiger partial charge on any atom is 0.245 e. The molecule has 0 saturated carbocycles. The van der Waals surface area contributed by atoms with Gasteiger partial charge in [-0.1, -0.05) is 71.1 Å². The predicted octanol–water partition coefficient (Wildman–Crippen LogP) is 5.64. The van der Waals surface area contributed by atoms with Gasteiger partial charge in [-0.2, -0.15) is 5.10 Å². The van der Waals surface area contributed by atoms with E-state index in [1.807, 2.05) is 37.3 Å².